The summed E-state index contributed by atoms with van der Waals surface area (Å²) in [5.74, 6) is -0.415. The van der Waals surface area contributed by atoms with E-state index in [0.29, 0.717) is 11.8 Å². The number of halogens is 5. The van der Waals surface area contributed by atoms with Crippen LogP contribution in [-0.2, 0) is 16.2 Å². The number of rotatable bonds is 3. The molecule has 4 nitrogen and oxygen atoms in total. The van der Waals surface area contributed by atoms with E-state index in [2.05, 4.69) is 0 Å². The zero-order valence-corrected chi connectivity index (χ0v) is 15.5. The van der Waals surface area contributed by atoms with Crippen LogP contribution in [0.15, 0.2) is 47.4 Å². The highest BCUT2D eigenvalue weighted by Crippen LogP contribution is 2.36. The molecule has 2 aromatic rings. The number of sulfonamides is 1. The zero-order valence-electron chi connectivity index (χ0n) is 13.9. The van der Waals surface area contributed by atoms with E-state index in [1.54, 1.807) is 23.1 Å². The molecule has 0 spiro atoms. The lowest BCUT2D eigenvalue weighted by Crippen LogP contribution is -2.48. The van der Waals surface area contributed by atoms with Crippen molar-refractivity contribution in [3.63, 3.8) is 0 Å². The van der Waals surface area contributed by atoms with Crippen LogP contribution in [-0.4, -0.2) is 38.9 Å². The second-order valence-corrected chi connectivity index (χ2v) is 8.33. The summed E-state index contributed by atoms with van der Waals surface area (Å²) in [6, 6.07) is 8.65. The maximum atomic E-state index is 13.9. The molecule has 1 aliphatic rings. The van der Waals surface area contributed by atoms with Gasteiger partial charge in [0.15, 0.2) is 0 Å². The van der Waals surface area contributed by atoms with Gasteiger partial charge in [-0.1, -0.05) is 23.7 Å². The zero-order chi connectivity index (χ0) is 19.8. The molecule has 0 radical (unpaired) electrons. The lowest BCUT2D eigenvalue weighted by atomic mass is 10.2. The number of hydrogen-bond acceptors (Lipinski definition) is 3. The molecule has 0 aliphatic carbocycles. The smallest absolute Gasteiger partial charge is 0.367 e. The number of anilines is 1. The van der Waals surface area contributed by atoms with E-state index in [1.165, 1.54) is 6.07 Å². The van der Waals surface area contributed by atoms with Gasteiger partial charge in [-0.3, -0.25) is 0 Å². The summed E-state index contributed by atoms with van der Waals surface area (Å²) < 4.78 is 79.4. The molecule has 27 heavy (non-hydrogen) atoms. The molecule has 1 fully saturated rings. The Labute approximate surface area is 159 Å². The van der Waals surface area contributed by atoms with Crippen molar-refractivity contribution in [2.24, 2.45) is 0 Å². The first kappa shape index (κ1) is 19.9. The Morgan fingerprint density at radius 3 is 2.19 bits per heavy atom. The van der Waals surface area contributed by atoms with Gasteiger partial charge in [0.1, 0.15) is 5.82 Å². The molecule has 1 aliphatic heterocycles. The fourth-order valence-electron chi connectivity index (χ4n) is 2.91. The maximum Gasteiger partial charge on any atom is 0.417 e. The Kier molecular flexibility index (Phi) is 5.38. The topological polar surface area (TPSA) is 40.6 Å². The van der Waals surface area contributed by atoms with Gasteiger partial charge in [-0.05, 0) is 30.3 Å². The molecule has 1 saturated heterocycles. The van der Waals surface area contributed by atoms with Crippen LogP contribution in [0, 0.1) is 5.82 Å². The number of alkyl halides is 3. The summed E-state index contributed by atoms with van der Waals surface area (Å²) >= 11 is 5.55. The van der Waals surface area contributed by atoms with Gasteiger partial charge in [0.05, 0.1) is 21.2 Å². The molecule has 0 bridgehead atoms. The fraction of sp³-hybridized carbons (Fsp3) is 0.294. The van der Waals surface area contributed by atoms with Crippen LogP contribution >= 0.6 is 11.6 Å². The number of piperazine rings is 1. The van der Waals surface area contributed by atoms with Crippen LogP contribution in [0.1, 0.15) is 5.56 Å². The number of para-hydroxylation sites is 1. The largest absolute Gasteiger partial charge is 0.417 e. The maximum absolute atomic E-state index is 13.9. The van der Waals surface area contributed by atoms with Gasteiger partial charge >= 0.3 is 6.18 Å². The predicted octanol–water partition coefficient (Wildman–Crippen LogP) is 4.01. The second kappa shape index (κ2) is 7.29. The van der Waals surface area contributed by atoms with Crippen molar-refractivity contribution in [2.45, 2.75) is 11.1 Å². The molecule has 0 atom stereocenters. The molecule has 0 aromatic heterocycles. The van der Waals surface area contributed by atoms with Gasteiger partial charge in [-0.15, -0.1) is 0 Å². The molecule has 3 rings (SSSR count). The number of hydrogen-bond donors (Lipinski definition) is 0. The van der Waals surface area contributed by atoms with E-state index < -0.39 is 37.5 Å². The summed E-state index contributed by atoms with van der Waals surface area (Å²) in [6.45, 7) is 0.501. The Balaban J connectivity index is 1.81. The number of nitrogens with zero attached hydrogens (tertiary/aromatic N) is 2. The molecule has 10 heteroatoms. The Morgan fingerprint density at radius 1 is 0.963 bits per heavy atom. The van der Waals surface area contributed by atoms with Gasteiger partial charge in [0.25, 0.3) is 0 Å². The van der Waals surface area contributed by atoms with Crippen molar-refractivity contribution in [3.05, 3.63) is 58.9 Å². The predicted molar refractivity (Wildman–Crippen MR) is 93.8 cm³/mol. The van der Waals surface area contributed by atoms with Gasteiger partial charge in [0, 0.05) is 26.2 Å². The minimum atomic E-state index is -4.76. The summed E-state index contributed by atoms with van der Waals surface area (Å²) in [5.41, 5.74) is -0.837. The SMILES string of the molecule is O=S(=O)(c1ccc(Cl)c(C(F)(F)F)c1)N1CCN(c2ccccc2F)CC1. The van der Waals surface area contributed by atoms with Gasteiger partial charge in [-0.2, -0.15) is 17.5 Å². The van der Waals surface area contributed by atoms with Crippen LogP contribution in [0.25, 0.3) is 0 Å². The third-order valence-electron chi connectivity index (χ3n) is 4.31. The summed E-state index contributed by atoms with van der Waals surface area (Å²) in [7, 11) is -4.12. The molecule has 0 N–H and O–H groups in total. The van der Waals surface area contributed by atoms with E-state index >= 15 is 0 Å². The molecule has 0 amide bonds. The first-order chi connectivity index (χ1) is 12.6. The van der Waals surface area contributed by atoms with E-state index in [4.69, 9.17) is 11.6 Å². The monoisotopic (exact) mass is 422 g/mol. The van der Waals surface area contributed by atoms with Crippen molar-refractivity contribution in [2.75, 3.05) is 31.1 Å². The minimum Gasteiger partial charge on any atom is -0.367 e. The van der Waals surface area contributed by atoms with E-state index in [0.717, 1.165) is 16.4 Å². The fourth-order valence-corrected chi connectivity index (χ4v) is 4.58. The molecule has 0 saturated carbocycles. The molecule has 2 aromatic carbocycles. The lowest BCUT2D eigenvalue weighted by molar-refractivity contribution is -0.137. The van der Waals surface area contributed by atoms with Crippen molar-refractivity contribution >= 4 is 27.3 Å². The Bertz CT molecular complexity index is 942. The van der Waals surface area contributed by atoms with E-state index in [1.807, 2.05) is 0 Å². The van der Waals surface area contributed by atoms with Crippen molar-refractivity contribution in [1.29, 1.82) is 0 Å². The Morgan fingerprint density at radius 2 is 1.59 bits per heavy atom. The van der Waals surface area contributed by atoms with Crippen molar-refractivity contribution < 1.29 is 26.0 Å². The van der Waals surface area contributed by atoms with Crippen LogP contribution in [0.3, 0.4) is 0 Å². The van der Waals surface area contributed by atoms with Crippen LogP contribution < -0.4 is 4.90 Å². The summed E-state index contributed by atoms with van der Waals surface area (Å²) in [4.78, 5) is 1.23. The summed E-state index contributed by atoms with van der Waals surface area (Å²) in [5, 5.41) is -0.564. The summed E-state index contributed by atoms with van der Waals surface area (Å²) in [6.07, 6.45) is -4.76. The molecular weight excluding hydrogens is 408 g/mol. The second-order valence-electron chi connectivity index (χ2n) is 5.98. The minimum absolute atomic E-state index is 0.0284. The molecular formula is C17H15ClF4N2O2S. The lowest BCUT2D eigenvalue weighted by Gasteiger charge is -2.35. The average molecular weight is 423 g/mol. The normalized spacial score (nSPS) is 16.6. The van der Waals surface area contributed by atoms with Crippen molar-refractivity contribution in [1.82, 2.24) is 4.31 Å². The third-order valence-corrected chi connectivity index (χ3v) is 6.54. The third kappa shape index (κ3) is 4.04. The van der Waals surface area contributed by atoms with Gasteiger partial charge in [-0.25, -0.2) is 12.8 Å². The highest BCUT2D eigenvalue weighted by Gasteiger charge is 2.36. The first-order valence-corrected chi connectivity index (χ1v) is 9.79. The molecule has 0 unspecified atom stereocenters. The standard InChI is InChI=1S/C17H15ClF4N2O2S/c18-14-6-5-12(11-13(14)17(20,21)22)27(25,26)24-9-7-23(8-10-24)16-4-2-1-3-15(16)19/h1-6,11H,7-10H2. The van der Waals surface area contributed by atoms with Crippen LogP contribution in [0.4, 0.5) is 23.2 Å². The number of benzene rings is 2. The highest BCUT2D eigenvalue weighted by atomic mass is 35.5. The van der Waals surface area contributed by atoms with Crippen molar-refractivity contribution in [3.8, 4) is 0 Å². The average Bonchev–Trinajstić information content (AvgIpc) is 2.61. The van der Waals surface area contributed by atoms with Crippen LogP contribution in [0.5, 0.6) is 0 Å². The van der Waals surface area contributed by atoms with Gasteiger partial charge in [0.2, 0.25) is 10.0 Å². The Hall–Kier alpha value is -1.84. The first-order valence-electron chi connectivity index (χ1n) is 7.97. The van der Waals surface area contributed by atoms with Crippen LogP contribution in [0.2, 0.25) is 5.02 Å². The quantitative estimate of drug-likeness (QED) is 0.702. The van der Waals surface area contributed by atoms with E-state index in [9.17, 15) is 26.0 Å². The van der Waals surface area contributed by atoms with Gasteiger partial charge < -0.3 is 4.90 Å². The highest BCUT2D eigenvalue weighted by molar-refractivity contribution is 7.89. The van der Waals surface area contributed by atoms with E-state index in [-0.39, 0.29) is 26.2 Å². The molecule has 1 heterocycles. The molecule has 146 valence electrons.